The summed E-state index contributed by atoms with van der Waals surface area (Å²) in [4.78, 5) is 7.97. The molecule has 5 nitrogen and oxygen atoms in total. The monoisotopic (exact) mass is 263 g/mol. The Morgan fingerprint density at radius 3 is 3.18 bits per heavy atom. The van der Waals surface area contributed by atoms with Crippen LogP contribution in [0.4, 0.5) is 0 Å². The second-order valence-electron chi connectivity index (χ2n) is 2.30. The summed E-state index contributed by atoms with van der Waals surface area (Å²) in [6.07, 6.45) is 1.44. The van der Waals surface area contributed by atoms with E-state index < -0.39 is 0 Å². The molecule has 0 radical (unpaired) electrons. The summed E-state index contributed by atoms with van der Waals surface area (Å²) in [6, 6.07) is 0. The smallest absolute Gasteiger partial charge is 0.151 e. The quantitative estimate of drug-likeness (QED) is 0.588. The van der Waals surface area contributed by atoms with E-state index in [2.05, 4.69) is 43.1 Å². The molecule has 2 heterocycles. The van der Waals surface area contributed by atoms with Crippen molar-refractivity contribution in [1.29, 1.82) is 0 Å². The summed E-state index contributed by atoms with van der Waals surface area (Å²) < 4.78 is 0.922. The zero-order valence-electron chi connectivity index (χ0n) is 5.53. The summed E-state index contributed by atoms with van der Waals surface area (Å²) in [7, 11) is 0. The molecule has 0 saturated heterocycles. The number of aliphatic imine (C=N–C) groups is 2. The highest BCUT2D eigenvalue weighted by atomic mass is 127. The minimum absolute atomic E-state index is 0.0283. The van der Waals surface area contributed by atoms with Gasteiger partial charge in [0.1, 0.15) is 21.8 Å². The Balaban J connectivity index is 2.33. The first-order chi connectivity index (χ1) is 5.29. The normalized spacial score (nSPS) is 33.9. The van der Waals surface area contributed by atoms with Crippen LogP contribution in [0.3, 0.4) is 0 Å². The van der Waals surface area contributed by atoms with E-state index in [1.54, 1.807) is 0 Å². The van der Waals surface area contributed by atoms with Gasteiger partial charge in [0.15, 0.2) is 6.17 Å². The minimum Gasteiger partial charge on any atom is -0.386 e. The Labute approximate surface area is 77.0 Å². The van der Waals surface area contributed by atoms with Crippen LogP contribution < -0.4 is 11.2 Å². The van der Waals surface area contributed by atoms with Crippen LogP contribution in [0.5, 0.6) is 0 Å². The van der Waals surface area contributed by atoms with Crippen LogP contribution in [0.2, 0.25) is 0 Å². The van der Waals surface area contributed by atoms with Gasteiger partial charge in [-0.2, -0.15) is 5.10 Å². The highest BCUT2D eigenvalue weighted by molar-refractivity contribution is 14.1. The molecule has 0 aromatic rings. The predicted octanol–water partition coefficient (Wildman–Crippen LogP) is -0.321. The highest BCUT2D eigenvalue weighted by Gasteiger charge is 2.34. The van der Waals surface area contributed by atoms with E-state index in [9.17, 15) is 0 Å². The van der Waals surface area contributed by atoms with Gasteiger partial charge < -0.3 is 5.73 Å². The van der Waals surface area contributed by atoms with Gasteiger partial charge in [-0.3, -0.25) is 5.43 Å². The van der Waals surface area contributed by atoms with E-state index in [4.69, 9.17) is 5.73 Å². The van der Waals surface area contributed by atoms with E-state index in [1.807, 2.05) is 0 Å². The van der Waals surface area contributed by atoms with Gasteiger partial charge in [0, 0.05) is 0 Å². The standard InChI is InChI=1S/C5H6IN5/c6-3-2-4(7)8-1-9-5(2)11-10-3/h1-2,5,11H,(H2,7,8,9). The summed E-state index contributed by atoms with van der Waals surface area (Å²) >= 11 is 2.13. The summed E-state index contributed by atoms with van der Waals surface area (Å²) in [5.74, 6) is 0.642. The number of nitrogens with one attached hydrogen (secondary N) is 1. The number of nitrogens with two attached hydrogens (primary N) is 1. The topological polar surface area (TPSA) is 75.1 Å². The number of hydrazone groups is 1. The lowest BCUT2D eigenvalue weighted by Gasteiger charge is -2.16. The van der Waals surface area contributed by atoms with Crippen LogP contribution in [0.1, 0.15) is 0 Å². The van der Waals surface area contributed by atoms with Crippen molar-refractivity contribution < 1.29 is 0 Å². The minimum atomic E-state index is -0.0283. The van der Waals surface area contributed by atoms with Gasteiger partial charge in [-0.15, -0.1) is 0 Å². The molecule has 0 aliphatic carbocycles. The second-order valence-corrected chi connectivity index (χ2v) is 3.41. The van der Waals surface area contributed by atoms with E-state index >= 15 is 0 Å². The van der Waals surface area contributed by atoms with E-state index in [0.29, 0.717) is 5.84 Å². The first kappa shape index (κ1) is 7.01. The Morgan fingerprint density at radius 2 is 2.45 bits per heavy atom. The molecule has 0 bridgehead atoms. The molecule has 3 N–H and O–H groups in total. The molecule has 0 fully saturated rings. The number of amidine groups is 1. The van der Waals surface area contributed by atoms with Gasteiger partial charge in [-0.1, -0.05) is 0 Å². The van der Waals surface area contributed by atoms with Crippen molar-refractivity contribution in [2.24, 2.45) is 26.7 Å². The predicted molar refractivity (Wildman–Crippen MR) is 52.0 cm³/mol. The molecule has 0 saturated carbocycles. The first-order valence-electron chi connectivity index (χ1n) is 3.12. The van der Waals surface area contributed by atoms with Crippen molar-refractivity contribution in [3.8, 4) is 0 Å². The van der Waals surface area contributed by atoms with Crippen LogP contribution in [0.15, 0.2) is 15.1 Å². The van der Waals surface area contributed by atoms with Gasteiger partial charge in [-0.05, 0) is 22.6 Å². The van der Waals surface area contributed by atoms with Crippen molar-refractivity contribution >= 4 is 38.5 Å². The highest BCUT2D eigenvalue weighted by Crippen LogP contribution is 2.20. The molecule has 0 amide bonds. The third-order valence-electron chi connectivity index (χ3n) is 1.63. The Morgan fingerprint density at radius 1 is 1.64 bits per heavy atom. The summed E-state index contributed by atoms with van der Waals surface area (Å²) in [5, 5.41) is 4.01. The summed E-state index contributed by atoms with van der Waals surface area (Å²) in [5.41, 5.74) is 8.50. The average molecular weight is 263 g/mol. The van der Waals surface area contributed by atoms with Crippen LogP contribution in [-0.4, -0.2) is 22.1 Å². The molecule has 2 aliphatic heterocycles. The zero-order chi connectivity index (χ0) is 7.84. The number of hydrogen-bond donors (Lipinski definition) is 2. The Hall–Kier alpha value is -0.660. The fourth-order valence-electron chi connectivity index (χ4n) is 1.06. The molecule has 58 valence electrons. The van der Waals surface area contributed by atoms with Crippen molar-refractivity contribution in [2.45, 2.75) is 6.17 Å². The lowest BCUT2D eigenvalue weighted by molar-refractivity contribution is 0.562. The number of hydrogen-bond acceptors (Lipinski definition) is 5. The molecular weight excluding hydrogens is 257 g/mol. The number of halogens is 1. The van der Waals surface area contributed by atoms with Crippen molar-refractivity contribution in [3.05, 3.63) is 0 Å². The van der Waals surface area contributed by atoms with E-state index in [0.717, 1.165) is 3.72 Å². The molecule has 0 spiro atoms. The van der Waals surface area contributed by atoms with Crippen molar-refractivity contribution in [3.63, 3.8) is 0 Å². The molecule has 0 aromatic carbocycles. The van der Waals surface area contributed by atoms with E-state index in [1.165, 1.54) is 6.34 Å². The largest absolute Gasteiger partial charge is 0.386 e. The number of fused-ring (bicyclic) bond motifs is 1. The lowest BCUT2D eigenvalue weighted by Crippen LogP contribution is -2.39. The zero-order valence-corrected chi connectivity index (χ0v) is 7.69. The molecule has 2 rings (SSSR count). The molecule has 2 atom stereocenters. The van der Waals surface area contributed by atoms with Gasteiger partial charge in [0.25, 0.3) is 0 Å². The van der Waals surface area contributed by atoms with Crippen LogP contribution in [0.25, 0.3) is 0 Å². The maximum atomic E-state index is 5.64. The molecule has 6 heteroatoms. The van der Waals surface area contributed by atoms with Gasteiger partial charge in [0.2, 0.25) is 0 Å². The first-order valence-corrected chi connectivity index (χ1v) is 4.20. The van der Waals surface area contributed by atoms with E-state index in [-0.39, 0.29) is 12.1 Å². The van der Waals surface area contributed by atoms with Crippen LogP contribution in [0, 0.1) is 5.92 Å². The van der Waals surface area contributed by atoms with Crippen LogP contribution >= 0.6 is 22.6 Å². The van der Waals surface area contributed by atoms with Crippen molar-refractivity contribution in [2.75, 3.05) is 0 Å². The van der Waals surface area contributed by atoms with Gasteiger partial charge in [-0.25, -0.2) is 9.98 Å². The second kappa shape index (κ2) is 2.43. The van der Waals surface area contributed by atoms with Crippen LogP contribution in [-0.2, 0) is 0 Å². The number of rotatable bonds is 0. The Bertz CT molecular complexity index is 268. The fraction of sp³-hybridized carbons (Fsp3) is 0.400. The third-order valence-corrected chi connectivity index (χ3v) is 2.54. The molecule has 2 unspecified atom stereocenters. The maximum absolute atomic E-state index is 5.64. The lowest BCUT2D eigenvalue weighted by atomic mass is 10.1. The number of nitrogens with zero attached hydrogens (tertiary/aromatic N) is 3. The Kier molecular flexibility index (Phi) is 1.55. The molecule has 2 aliphatic rings. The average Bonchev–Trinajstić information content (AvgIpc) is 2.34. The molecule has 0 aromatic heterocycles. The van der Waals surface area contributed by atoms with Gasteiger partial charge >= 0.3 is 0 Å². The third kappa shape index (κ3) is 1.01. The maximum Gasteiger partial charge on any atom is 0.151 e. The molecular formula is C5H6IN5. The fourth-order valence-corrected chi connectivity index (χ4v) is 1.86. The van der Waals surface area contributed by atoms with Crippen molar-refractivity contribution in [1.82, 2.24) is 5.43 Å². The van der Waals surface area contributed by atoms with Gasteiger partial charge in [0.05, 0.1) is 0 Å². The SMILES string of the molecule is NC1=NC=NC2NN=C(I)C12. The molecule has 11 heavy (non-hydrogen) atoms. The summed E-state index contributed by atoms with van der Waals surface area (Å²) in [6.45, 7) is 0.